The third-order valence-electron chi connectivity index (χ3n) is 4.19. The van der Waals surface area contributed by atoms with Crippen molar-refractivity contribution in [1.29, 1.82) is 0 Å². The number of carbonyl (C=O) groups excluding carboxylic acids is 1. The number of carbonyl (C=O) groups is 1. The zero-order valence-corrected chi connectivity index (χ0v) is 15.3. The molecule has 2 aromatic rings. The van der Waals surface area contributed by atoms with E-state index >= 15 is 0 Å². The van der Waals surface area contributed by atoms with E-state index < -0.39 is 20.9 Å². The van der Waals surface area contributed by atoms with Crippen LogP contribution < -0.4 is 10.9 Å². The second kappa shape index (κ2) is 7.37. The Kier molecular flexibility index (Phi) is 5.15. The van der Waals surface area contributed by atoms with E-state index in [9.17, 15) is 23.3 Å². The van der Waals surface area contributed by atoms with Crippen molar-refractivity contribution in [2.75, 3.05) is 18.5 Å². The molecular formula is C16H18N4O6S. The second-order valence-electron chi connectivity index (χ2n) is 6.00. The monoisotopic (exact) mass is 394 g/mol. The van der Waals surface area contributed by atoms with Crippen LogP contribution in [0.25, 0.3) is 0 Å². The molecule has 1 aliphatic heterocycles. The third-order valence-corrected chi connectivity index (χ3v) is 6.20. The van der Waals surface area contributed by atoms with Gasteiger partial charge in [0, 0.05) is 25.2 Å². The van der Waals surface area contributed by atoms with Gasteiger partial charge in [0.05, 0.1) is 4.92 Å². The molecule has 27 heavy (non-hydrogen) atoms. The molecule has 0 saturated carbocycles. The summed E-state index contributed by atoms with van der Waals surface area (Å²) in [6.45, 7) is 2.34. The predicted octanol–water partition coefficient (Wildman–Crippen LogP) is 2.04. The highest BCUT2D eigenvalue weighted by Gasteiger charge is 2.31. The van der Waals surface area contributed by atoms with E-state index in [1.54, 1.807) is 6.07 Å². The lowest BCUT2D eigenvalue weighted by atomic mass is 10.3. The molecule has 3 rings (SSSR count). The molecule has 0 spiro atoms. The maximum atomic E-state index is 12.6. The number of amides is 1. The van der Waals surface area contributed by atoms with Gasteiger partial charge in [-0.15, -0.1) is 0 Å². The lowest BCUT2D eigenvalue weighted by Gasteiger charge is -2.14. The van der Waals surface area contributed by atoms with Crippen LogP contribution in [0, 0.1) is 17.0 Å². The topological polar surface area (TPSA) is 135 Å². The average molecular weight is 394 g/mol. The number of nitrogens with one attached hydrogen (secondary N) is 2. The fourth-order valence-corrected chi connectivity index (χ4v) is 4.50. The molecule has 0 bridgehead atoms. The van der Waals surface area contributed by atoms with E-state index in [-0.39, 0.29) is 27.8 Å². The van der Waals surface area contributed by atoms with E-state index in [1.807, 2.05) is 0 Å². The summed E-state index contributed by atoms with van der Waals surface area (Å²) in [6, 6.07) is 6.94. The Labute approximate surface area is 155 Å². The third kappa shape index (κ3) is 3.78. The normalized spacial score (nSPS) is 14.9. The van der Waals surface area contributed by atoms with Crippen molar-refractivity contribution in [1.82, 2.24) is 9.73 Å². The largest absolute Gasteiger partial charge is 0.455 e. The Bertz CT molecular complexity index is 979. The predicted molar refractivity (Wildman–Crippen MR) is 95.6 cm³/mol. The van der Waals surface area contributed by atoms with Crippen LogP contribution >= 0.6 is 0 Å². The Hall–Kier alpha value is -2.92. The summed E-state index contributed by atoms with van der Waals surface area (Å²) < 4.78 is 31.9. The fourth-order valence-electron chi connectivity index (χ4n) is 2.83. The van der Waals surface area contributed by atoms with Crippen molar-refractivity contribution in [3.8, 4) is 0 Å². The molecular weight excluding hydrogens is 376 g/mol. The van der Waals surface area contributed by atoms with Crippen LogP contribution in [-0.4, -0.2) is 36.6 Å². The minimum Gasteiger partial charge on any atom is -0.455 e. The lowest BCUT2D eigenvalue weighted by molar-refractivity contribution is -0.384. The Morgan fingerprint density at radius 3 is 2.59 bits per heavy atom. The highest BCUT2D eigenvalue weighted by molar-refractivity contribution is 7.89. The van der Waals surface area contributed by atoms with Gasteiger partial charge in [-0.2, -0.15) is 4.31 Å². The van der Waals surface area contributed by atoms with Crippen LogP contribution in [0.1, 0.15) is 29.2 Å². The number of nitrogens with zero attached hydrogens (tertiary/aromatic N) is 2. The smallest absolute Gasteiger partial charge is 0.305 e. The molecule has 144 valence electrons. The van der Waals surface area contributed by atoms with Crippen LogP contribution in [-0.2, 0) is 10.0 Å². The standard InChI is InChI=1S/C16H18N4O6S/c1-11-15(27(24,25)19-8-4-5-9-19)10-14(26-11)16(21)18-17-12-6-2-3-7-13(12)20(22)23/h2-3,6-7,10,17H,4-5,8-9H2,1H3,(H,18,21). The zero-order chi connectivity index (χ0) is 19.6. The van der Waals surface area contributed by atoms with E-state index in [4.69, 9.17) is 4.42 Å². The Morgan fingerprint density at radius 2 is 1.93 bits per heavy atom. The second-order valence-corrected chi connectivity index (χ2v) is 7.90. The zero-order valence-electron chi connectivity index (χ0n) is 14.5. The molecule has 11 heteroatoms. The molecule has 1 aromatic heterocycles. The van der Waals surface area contributed by atoms with Crippen LogP contribution in [0.3, 0.4) is 0 Å². The lowest BCUT2D eigenvalue weighted by Crippen LogP contribution is -2.29. The molecule has 1 aromatic carbocycles. The molecule has 0 aliphatic carbocycles. The van der Waals surface area contributed by atoms with E-state index in [0.717, 1.165) is 12.8 Å². The number of furan rings is 1. The molecule has 0 radical (unpaired) electrons. The number of benzene rings is 1. The molecule has 2 heterocycles. The molecule has 0 atom stereocenters. The highest BCUT2D eigenvalue weighted by atomic mass is 32.2. The number of nitro benzene ring substituents is 1. The number of nitro groups is 1. The molecule has 2 N–H and O–H groups in total. The van der Waals surface area contributed by atoms with Gasteiger partial charge in [-0.25, -0.2) is 8.42 Å². The van der Waals surface area contributed by atoms with Gasteiger partial charge >= 0.3 is 5.91 Å². The van der Waals surface area contributed by atoms with E-state index in [2.05, 4.69) is 10.9 Å². The van der Waals surface area contributed by atoms with Crippen molar-refractivity contribution in [2.45, 2.75) is 24.7 Å². The number of sulfonamides is 1. The van der Waals surface area contributed by atoms with E-state index in [1.165, 1.54) is 35.5 Å². The van der Waals surface area contributed by atoms with Crippen molar-refractivity contribution in [3.05, 3.63) is 52.0 Å². The van der Waals surface area contributed by atoms with Gasteiger partial charge in [-0.1, -0.05) is 12.1 Å². The number of hydrazine groups is 1. The summed E-state index contributed by atoms with van der Waals surface area (Å²) in [5.41, 5.74) is 4.60. The van der Waals surface area contributed by atoms with Crippen molar-refractivity contribution >= 4 is 27.3 Å². The van der Waals surface area contributed by atoms with Crippen LogP contribution in [0.4, 0.5) is 11.4 Å². The first kappa shape index (κ1) is 18.9. The van der Waals surface area contributed by atoms with Gasteiger partial charge in [0.25, 0.3) is 5.69 Å². The average Bonchev–Trinajstić information content (AvgIpc) is 3.30. The summed E-state index contributed by atoms with van der Waals surface area (Å²) in [4.78, 5) is 22.6. The number of rotatable bonds is 6. The summed E-state index contributed by atoms with van der Waals surface area (Å²) >= 11 is 0. The van der Waals surface area contributed by atoms with Gasteiger partial charge in [0.1, 0.15) is 16.3 Å². The molecule has 1 aliphatic rings. The summed E-state index contributed by atoms with van der Waals surface area (Å²) in [7, 11) is -3.72. The van der Waals surface area contributed by atoms with Crippen LogP contribution in [0.5, 0.6) is 0 Å². The summed E-state index contributed by atoms with van der Waals surface area (Å²) in [5.74, 6) is -0.853. The first-order chi connectivity index (χ1) is 12.8. The summed E-state index contributed by atoms with van der Waals surface area (Å²) in [6.07, 6.45) is 1.59. The van der Waals surface area contributed by atoms with Crippen molar-refractivity contribution < 1.29 is 22.6 Å². The minimum absolute atomic E-state index is 0.0553. The van der Waals surface area contributed by atoms with Gasteiger partial charge < -0.3 is 4.42 Å². The molecule has 1 amide bonds. The maximum Gasteiger partial charge on any atom is 0.305 e. The Balaban J connectivity index is 1.76. The van der Waals surface area contributed by atoms with Gasteiger partial charge in [-0.05, 0) is 25.8 Å². The number of para-hydroxylation sites is 2. The molecule has 10 nitrogen and oxygen atoms in total. The minimum atomic E-state index is -3.72. The quantitative estimate of drug-likeness (QED) is 0.565. The molecule has 1 saturated heterocycles. The number of aryl methyl sites for hydroxylation is 1. The van der Waals surface area contributed by atoms with Gasteiger partial charge in [0.15, 0.2) is 5.76 Å². The van der Waals surface area contributed by atoms with Gasteiger partial charge in [-0.3, -0.25) is 25.8 Å². The van der Waals surface area contributed by atoms with Crippen LogP contribution in [0.2, 0.25) is 0 Å². The van der Waals surface area contributed by atoms with Gasteiger partial charge in [0.2, 0.25) is 10.0 Å². The SMILES string of the molecule is Cc1oc(C(=O)NNc2ccccc2[N+](=O)[O-])cc1S(=O)(=O)N1CCCC1. The Morgan fingerprint density at radius 1 is 1.26 bits per heavy atom. The maximum absolute atomic E-state index is 12.6. The number of hydrogen-bond donors (Lipinski definition) is 2. The van der Waals surface area contributed by atoms with Crippen molar-refractivity contribution in [3.63, 3.8) is 0 Å². The molecule has 1 fully saturated rings. The first-order valence-electron chi connectivity index (χ1n) is 8.21. The molecule has 0 unspecified atom stereocenters. The number of hydrogen-bond acceptors (Lipinski definition) is 7. The highest BCUT2D eigenvalue weighted by Crippen LogP contribution is 2.26. The fraction of sp³-hybridized carbons (Fsp3) is 0.312. The summed E-state index contributed by atoms with van der Waals surface area (Å²) in [5, 5.41) is 11.0. The van der Waals surface area contributed by atoms with Crippen LogP contribution in [0.15, 0.2) is 39.6 Å². The number of anilines is 1. The first-order valence-corrected chi connectivity index (χ1v) is 9.65. The van der Waals surface area contributed by atoms with Crippen molar-refractivity contribution in [2.24, 2.45) is 0 Å². The van der Waals surface area contributed by atoms with E-state index in [0.29, 0.717) is 13.1 Å².